The molecular formula is C19H17ClN4S. The standard InChI is InChI=1S/C19H17ClN4S/c1-3-14(8-9-21-2)17-11-15(10-13-4-6-16(20)7-5-13)18(25-17)19-22-12-23-24-19/h3-9,11-12H,1,10H2,2H3,(H,22,23,24)/b14-8+,21-9?. The van der Waals surface area contributed by atoms with Gasteiger partial charge in [-0.1, -0.05) is 36.4 Å². The minimum atomic E-state index is 0.737. The van der Waals surface area contributed by atoms with E-state index >= 15 is 0 Å². The summed E-state index contributed by atoms with van der Waals surface area (Å²) in [5, 5.41) is 7.68. The molecule has 0 amide bonds. The monoisotopic (exact) mass is 368 g/mol. The van der Waals surface area contributed by atoms with Crippen molar-refractivity contribution in [3.8, 4) is 10.7 Å². The lowest BCUT2D eigenvalue weighted by atomic mass is 10.0. The Morgan fingerprint density at radius 3 is 2.80 bits per heavy atom. The van der Waals surface area contributed by atoms with E-state index in [1.54, 1.807) is 24.6 Å². The molecule has 0 atom stereocenters. The van der Waals surface area contributed by atoms with Crippen molar-refractivity contribution < 1.29 is 0 Å². The predicted octanol–water partition coefficient (Wildman–Crippen LogP) is 5.05. The van der Waals surface area contributed by atoms with Crippen molar-refractivity contribution in [2.75, 3.05) is 7.05 Å². The van der Waals surface area contributed by atoms with Crippen molar-refractivity contribution >= 4 is 34.7 Å². The van der Waals surface area contributed by atoms with Crippen LogP contribution in [-0.2, 0) is 6.42 Å². The number of halogens is 1. The molecule has 2 aromatic heterocycles. The number of aromatic amines is 1. The van der Waals surface area contributed by atoms with E-state index in [1.807, 2.05) is 36.4 Å². The molecule has 25 heavy (non-hydrogen) atoms. The van der Waals surface area contributed by atoms with Gasteiger partial charge in [0.2, 0.25) is 0 Å². The molecule has 0 aliphatic carbocycles. The van der Waals surface area contributed by atoms with Crippen LogP contribution >= 0.6 is 22.9 Å². The number of aromatic nitrogens is 3. The number of rotatable bonds is 6. The van der Waals surface area contributed by atoms with Crippen molar-refractivity contribution in [1.82, 2.24) is 15.2 Å². The highest BCUT2D eigenvalue weighted by atomic mass is 35.5. The Morgan fingerprint density at radius 2 is 2.16 bits per heavy atom. The first-order chi connectivity index (χ1) is 12.2. The van der Waals surface area contributed by atoms with Gasteiger partial charge in [-0.15, -0.1) is 11.3 Å². The van der Waals surface area contributed by atoms with E-state index in [9.17, 15) is 0 Å². The SMILES string of the molecule is C=C/C(=C\C=NC)c1cc(Cc2ccc(Cl)cc2)c(-c2ncn[nH]2)s1. The van der Waals surface area contributed by atoms with E-state index in [-0.39, 0.29) is 0 Å². The van der Waals surface area contributed by atoms with Gasteiger partial charge < -0.3 is 0 Å². The molecule has 4 nitrogen and oxygen atoms in total. The Hall–Kier alpha value is -2.50. The molecule has 6 heteroatoms. The maximum absolute atomic E-state index is 5.99. The third kappa shape index (κ3) is 4.13. The second-order valence-electron chi connectivity index (χ2n) is 5.34. The lowest BCUT2D eigenvalue weighted by Crippen LogP contribution is -1.89. The molecule has 0 aliphatic rings. The number of aliphatic imine (C=N–C) groups is 1. The summed E-state index contributed by atoms with van der Waals surface area (Å²) in [6, 6.07) is 10.1. The number of allylic oxidation sites excluding steroid dienone is 3. The highest BCUT2D eigenvalue weighted by molar-refractivity contribution is 7.16. The normalized spacial score (nSPS) is 12.0. The van der Waals surface area contributed by atoms with Gasteiger partial charge in [0, 0.05) is 23.2 Å². The number of thiophene rings is 1. The Balaban J connectivity index is 2.03. The number of hydrogen-bond donors (Lipinski definition) is 1. The zero-order valence-electron chi connectivity index (χ0n) is 13.7. The highest BCUT2D eigenvalue weighted by Gasteiger charge is 2.15. The number of nitrogens with one attached hydrogen (secondary N) is 1. The molecular weight excluding hydrogens is 352 g/mol. The van der Waals surface area contributed by atoms with Gasteiger partial charge in [0.1, 0.15) is 6.33 Å². The van der Waals surface area contributed by atoms with Gasteiger partial charge in [-0.25, -0.2) is 4.98 Å². The van der Waals surface area contributed by atoms with E-state index in [1.165, 1.54) is 17.5 Å². The van der Waals surface area contributed by atoms with E-state index in [4.69, 9.17) is 11.6 Å². The molecule has 0 radical (unpaired) electrons. The zero-order chi connectivity index (χ0) is 17.6. The summed E-state index contributed by atoms with van der Waals surface area (Å²) in [5.74, 6) is 0.771. The average molecular weight is 369 g/mol. The average Bonchev–Trinajstić information content (AvgIpc) is 3.27. The molecule has 0 bridgehead atoms. The number of hydrogen-bond acceptors (Lipinski definition) is 4. The zero-order valence-corrected chi connectivity index (χ0v) is 15.3. The first kappa shape index (κ1) is 17.3. The summed E-state index contributed by atoms with van der Waals surface area (Å²) in [6.45, 7) is 3.91. The number of nitrogens with zero attached hydrogens (tertiary/aromatic N) is 3. The Bertz CT molecular complexity index is 906. The number of benzene rings is 1. The number of H-pyrrole nitrogens is 1. The van der Waals surface area contributed by atoms with Crippen LogP contribution in [0.15, 0.2) is 60.4 Å². The van der Waals surface area contributed by atoms with E-state index in [0.717, 1.165) is 32.6 Å². The summed E-state index contributed by atoms with van der Waals surface area (Å²) in [7, 11) is 1.75. The van der Waals surface area contributed by atoms with Crippen LogP contribution < -0.4 is 0 Å². The van der Waals surface area contributed by atoms with E-state index in [2.05, 4.69) is 32.8 Å². The fraction of sp³-hybridized carbons (Fsp3) is 0.105. The molecule has 0 fully saturated rings. The first-order valence-corrected chi connectivity index (χ1v) is 8.89. The maximum atomic E-state index is 5.99. The molecule has 0 saturated carbocycles. The fourth-order valence-electron chi connectivity index (χ4n) is 2.45. The Kier molecular flexibility index (Phi) is 5.58. The summed E-state index contributed by atoms with van der Waals surface area (Å²) < 4.78 is 0. The van der Waals surface area contributed by atoms with Crippen molar-refractivity contribution in [3.63, 3.8) is 0 Å². The van der Waals surface area contributed by atoms with Crippen molar-refractivity contribution in [1.29, 1.82) is 0 Å². The molecule has 0 spiro atoms. The van der Waals surface area contributed by atoms with Crippen LogP contribution in [0.25, 0.3) is 16.3 Å². The van der Waals surface area contributed by atoms with Crippen LogP contribution in [0.5, 0.6) is 0 Å². The molecule has 1 aromatic carbocycles. The van der Waals surface area contributed by atoms with Gasteiger partial charge in [-0.3, -0.25) is 10.1 Å². The molecule has 3 rings (SSSR count). The molecule has 0 unspecified atom stereocenters. The first-order valence-electron chi connectivity index (χ1n) is 7.69. The van der Waals surface area contributed by atoms with Crippen LogP contribution in [-0.4, -0.2) is 28.4 Å². The quantitative estimate of drug-likeness (QED) is 0.489. The van der Waals surface area contributed by atoms with Crippen LogP contribution in [0.1, 0.15) is 16.0 Å². The van der Waals surface area contributed by atoms with Crippen molar-refractivity contribution in [2.45, 2.75) is 6.42 Å². The fourth-order valence-corrected chi connectivity index (χ4v) is 3.72. The largest absolute Gasteiger partial charge is 0.296 e. The van der Waals surface area contributed by atoms with E-state index < -0.39 is 0 Å². The third-order valence-corrected chi connectivity index (χ3v) is 5.14. The summed E-state index contributed by atoms with van der Waals surface area (Å²) in [5.41, 5.74) is 3.40. The molecule has 0 saturated heterocycles. The second kappa shape index (κ2) is 8.05. The molecule has 3 aromatic rings. The molecule has 1 N–H and O–H groups in total. The second-order valence-corrected chi connectivity index (χ2v) is 6.82. The van der Waals surface area contributed by atoms with Gasteiger partial charge in [0.15, 0.2) is 5.82 Å². The minimum Gasteiger partial charge on any atom is -0.296 e. The molecule has 2 heterocycles. The van der Waals surface area contributed by atoms with E-state index in [0.29, 0.717) is 0 Å². The lowest BCUT2D eigenvalue weighted by Gasteiger charge is -2.02. The van der Waals surface area contributed by atoms with Gasteiger partial charge in [-0.05, 0) is 47.4 Å². The molecule has 0 aliphatic heterocycles. The third-order valence-electron chi connectivity index (χ3n) is 3.65. The van der Waals surface area contributed by atoms with Crippen molar-refractivity contribution in [3.05, 3.63) is 76.4 Å². The van der Waals surface area contributed by atoms with Gasteiger partial charge in [0.25, 0.3) is 0 Å². The smallest absolute Gasteiger partial charge is 0.165 e. The van der Waals surface area contributed by atoms with Gasteiger partial charge >= 0.3 is 0 Å². The van der Waals surface area contributed by atoms with Crippen molar-refractivity contribution in [2.24, 2.45) is 4.99 Å². The highest BCUT2D eigenvalue weighted by Crippen LogP contribution is 2.36. The van der Waals surface area contributed by atoms with Gasteiger partial charge in [-0.2, -0.15) is 5.10 Å². The minimum absolute atomic E-state index is 0.737. The summed E-state index contributed by atoms with van der Waals surface area (Å²) in [6.07, 6.45) is 7.87. The predicted molar refractivity (Wildman–Crippen MR) is 107 cm³/mol. The summed E-state index contributed by atoms with van der Waals surface area (Å²) in [4.78, 5) is 10.5. The van der Waals surface area contributed by atoms with Gasteiger partial charge in [0.05, 0.1) is 4.88 Å². The maximum Gasteiger partial charge on any atom is 0.165 e. The summed E-state index contributed by atoms with van der Waals surface area (Å²) >= 11 is 7.65. The Morgan fingerprint density at radius 1 is 1.36 bits per heavy atom. The topological polar surface area (TPSA) is 53.9 Å². The van der Waals surface area contributed by atoms with Crippen LogP contribution in [0.2, 0.25) is 5.02 Å². The Labute approximate surface area is 155 Å². The van der Waals surface area contributed by atoms with Crippen LogP contribution in [0.4, 0.5) is 0 Å². The molecule has 126 valence electrons. The van der Waals surface area contributed by atoms with Crippen LogP contribution in [0.3, 0.4) is 0 Å². The lowest BCUT2D eigenvalue weighted by molar-refractivity contribution is 1.09. The van der Waals surface area contributed by atoms with Crippen LogP contribution in [0, 0.1) is 0 Å².